The molecule has 0 radical (unpaired) electrons. The maximum Gasteiger partial charge on any atom is 0.433 e. The van der Waals surface area contributed by atoms with Crippen molar-refractivity contribution in [3.8, 4) is 0 Å². The average Bonchev–Trinajstić information content (AvgIpc) is 2.82. The number of aryl methyl sites for hydroxylation is 3. The standard InChI is InChI=1S/C11H12F3N5O/c1-6-8(5-18(2)16-6)15-10(20)7-4-9(11(12,13)14)19(3)17-7/h4-5H,1-3H3,(H,15,20). The van der Waals surface area contributed by atoms with Gasteiger partial charge in [0.15, 0.2) is 5.69 Å². The molecule has 2 aromatic heterocycles. The highest BCUT2D eigenvalue weighted by molar-refractivity contribution is 6.03. The molecule has 1 amide bonds. The second-order valence-electron chi connectivity index (χ2n) is 4.29. The van der Waals surface area contributed by atoms with Gasteiger partial charge in [0.1, 0.15) is 5.69 Å². The number of halogens is 3. The summed E-state index contributed by atoms with van der Waals surface area (Å²) in [5.74, 6) is -0.716. The number of hydrogen-bond donors (Lipinski definition) is 1. The lowest BCUT2D eigenvalue weighted by Crippen LogP contribution is -2.13. The van der Waals surface area contributed by atoms with Gasteiger partial charge < -0.3 is 5.32 Å². The number of rotatable bonds is 2. The molecule has 0 bridgehead atoms. The molecule has 0 aliphatic rings. The number of nitrogens with one attached hydrogen (secondary N) is 1. The first-order valence-electron chi connectivity index (χ1n) is 5.61. The molecule has 9 heteroatoms. The Morgan fingerprint density at radius 2 is 1.95 bits per heavy atom. The Bertz CT molecular complexity index is 656. The van der Waals surface area contributed by atoms with Gasteiger partial charge in [0.2, 0.25) is 0 Å². The normalized spacial score (nSPS) is 11.7. The molecule has 2 aromatic rings. The van der Waals surface area contributed by atoms with Crippen LogP contribution in [-0.4, -0.2) is 25.5 Å². The Morgan fingerprint density at radius 1 is 1.30 bits per heavy atom. The second-order valence-corrected chi connectivity index (χ2v) is 4.29. The van der Waals surface area contributed by atoms with Crippen LogP contribution in [0.15, 0.2) is 12.3 Å². The average molecular weight is 287 g/mol. The highest BCUT2D eigenvalue weighted by Crippen LogP contribution is 2.29. The minimum atomic E-state index is -4.55. The van der Waals surface area contributed by atoms with Crippen LogP contribution in [0.2, 0.25) is 0 Å². The van der Waals surface area contributed by atoms with Crippen molar-refractivity contribution in [1.29, 1.82) is 0 Å². The third-order valence-corrected chi connectivity index (χ3v) is 2.66. The lowest BCUT2D eigenvalue weighted by Gasteiger charge is -2.04. The molecule has 20 heavy (non-hydrogen) atoms. The predicted octanol–water partition coefficient (Wildman–Crippen LogP) is 1.73. The van der Waals surface area contributed by atoms with E-state index < -0.39 is 17.8 Å². The van der Waals surface area contributed by atoms with Gasteiger partial charge in [0.05, 0.1) is 11.4 Å². The van der Waals surface area contributed by atoms with Crippen LogP contribution in [0, 0.1) is 6.92 Å². The summed E-state index contributed by atoms with van der Waals surface area (Å²) >= 11 is 0. The summed E-state index contributed by atoms with van der Waals surface area (Å²) in [6.45, 7) is 1.68. The summed E-state index contributed by atoms with van der Waals surface area (Å²) in [6, 6.07) is 0.709. The number of aromatic nitrogens is 4. The van der Waals surface area contributed by atoms with Crippen LogP contribution in [0.5, 0.6) is 0 Å². The molecule has 0 aromatic carbocycles. The van der Waals surface area contributed by atoms with Gasteiger partial charge in [-0.15, -0.1) is 0 Å². The lowest BCUT2D eigenvalue weighted by molar-refractivity contribution is -0.143. The number of hydrogen-bond acceptors (Lipinski definition) is 3. The van der Waals surface area contributed by atoms with E-state index in [9.17, 15) is 18.0 Å². The van der Waals surface area contributed by atoms with Crippen LogP contribution in [-0.2, 0) is 20.3 Å². The first-order valence-corrected chi connectivity index (χ1v) is 5.61. The van der Waals surface area contributed by atoms with E-state index in [2.05, 4.69) is 15.5 Å². The number of alkyl halides is 3. The molecule has 108 valence electrons. The van der Waals surface area contributed by atoms with Gasteiger partial charge >= 0.3 is 6.18 Å². The van der Waals surface area contributed by atoms with Crippen LogP contribution >= 0.6 is 0 Å². The maximum atomic E-state index is 12.6. The third kappa shape index (κ3) is 2.65. The predicted molar refractivity (Wildman–Crippen MR) is 64.1 cm³/mol. The summed E-state index contributed by atoms with van der Waals surface area (Å²) in [6.07, 6.45) is -2.99. The Kier molecular flexibility index (Phi) is 3.28. The van der Waals surface area contributed by atoms with Crippen LogP contribution in [0.4, 0.5) is 18.9 Å². The van der Waals surface area contributed by atoms with Gasteiger partial charge in [-0.3, -0.25) is 14.2 Å². The fraction of sp³-hybridized carbons (Fsp3) is 0.364. The highest BCUT2D eigenvalue weighted by atomic mass is 19.4. The van der Waals surface area contributed by atoms with Crippen LogP contribution in [0.3, 0.4) is 0 Å². The largest absolute Gasteiger partial charge is 0.433 e. The van der Waals surface area contributed by atoms with E-state index in [0.29, 0.717) is 22.1 Å². The molecular weight excluding hydrogens is 275 g/mol. The molecule has 0 aliphatic heterocycles. The minimum absolute atomic E-state index is 0.303. The molecule has 0 saturated heterocycles. The summed E-state index contributed by atoms with van der Waals surface area (Å²) in [5.41, 5.74) is -0.293. The molecule has 0 saturated carbocycles. The molecular formula is C11H12F3N5O. The van der Waals surface area contributed by atoms with Gasteiger partial charge in [0, 0.05) is 26.4 Å². The molecule has 1 N–H and O–H groups in total. The van der Waals surface area contributed by atoms with Crippen molar-refractivity contribution in [3.05, 3.63) is 29.3 Å². The number of nitrogens with zero attached hydrogens (tertiary/aromatic N) is 4. The Balaban J connectivity index is 2.24. The van der Waals surface area contributed by atoms with Crippen molar-refractivity contribution in [1.82, 2.24) is 19.6 Å². The summed E-state index contributed by atoms with van der Waals surface area (Å²) in [4.78, 5) is 11.9. The smallest absolute Gasteiger partial charge is 0.318 e. The number of anilines is 1. The van der Waals surface area contributed by atoms with Crippen molar-refractivity contribution in [2.45, 2.75) is 13.1 Å². The zero-order valence-electron chi connectivity index (χ0n) is 11.0. The Morgan fingerprint density at radius 3 is 2.40 bits per heavy atom. The molecule has 6 nitrogen and oxygen atoms in total. The monoisotopic (exact) mass is 287 g/mol. The van der Waals surface area contributed by atoms with E-state index in [1.807, 2.05) is 0 Å². The summed E-state index contributed by atoms with van der Waals surface area (Å²) in [5, 5.41) is 10.1. The molecule has 0 spiro atoms. The molecule has 2 heterocycles. The van der Waals surface area contributed by atoms with Crippen molar-refractivity contribution >= 4 is 11.6 Å². The molecule has 2 rings (SSSR count). The molecule has 0 aliphatic carbocycles. The van der Waals surface area contributed by atoms with Gasteiger partial charge in [0.25, 0.3) is 5.91 Å². The van der Waals surface area contributed by atoms with Gasteiger partial charge in [-0.25, -0.2) is 0 Å². The Hall–Kier alpha value is -2.32. The first-order chi connectivity index (χ1) is 9.18. The van der Waals surface area contributed by atoms with E-state index in [1.165, 1.54) is 4.68 Å². The molecule has 0 unspecified atom stereocenters. The van der Waals surface area contributed by atoms with Crippen molar-refractivity contribution in [3.63, 3.8) is 0 Å². The van der Waals surface area contributed by atoms with Crippen LogP contribution in [0.25, 0.3) is 0 Å². The first kappa shape index (κ1) is 14.1. The molecule has 0 fully saturated rings. The SMILES string of the molecule is Cc1nn(C)cc1NC(=O)c1cc(C(F)(F)F)n(C)n1. The topological polar surface area (TPSA) is 64.7 Å². The summed E-state index contributed by atoms with van der Waals surface area (Å²) < 4.78 is 40.0. The highest BCUT2D eigenvalue weighted by Gasteiger charge is 2.35. The van der Waals surface area contributed by atoms with Crippen molar-refractivity contribution in [2.75, 3.05) is 5.32 Å². The quantitative estimate of drug-likeness (QED) is 0.915. The maximum absolute atomic E-state index is 12.6. The fourth-order valence-corrected chi connectivity index (χ4v) is 1.75. The second kappa shape index (κ2) is 4.66. The van der Waals surface area contributed by atoms with Crippen molar-refractivity contribution in [2.24, 2.45) is 14.1 Å². The lowest BCUT2D eigenvalue weighted by atomic mass is 10.3. The van der Waals surface area contributed by atoms with Crippen LogP contribution in [0.1, 0.15) is 21.9 Å². The summed E-state index contributed by atoms with van der Waals surface area (Å²) in [7, 11) is 2.81. The van der Waals surface area contributed by atoms with E-state index in [1.54, 1.807) is 20.2 Å². The minimum Gasteiger partial charge on any atom is -0.318 e. The van der Waals surface area contributed by atoms with Gasteiger partial charge in [-0.2, -0.15) is 23.4 Å². The van der Waals surface area contributed by atoms with E-state index in [4.69, 9.17) is 0 Å². The number of amides is 1. The van der Waals surface area contributed by atoms with Crippen LogP contribution < -0.4 is 5.32 Å². The number of carbonyl (C=O) groups is 1. The fourth-order valence-electron chi connectivity index (χ4n) is 1.75. The Labute approximate surface area is 112 Å². The number of carbonyl (C=O) groups excluding carboxylic acids is 1. The third-order valence-electron chi connectivity index (χ3n) is 2.66. The van der Waals surface area contributed by atoms with E-state index in [-0.39, 0.29) is 5.69 Å². The van der Waals surface area contributed by atoms with E-state index >= 15 is 0 Å². The van der Waals surface area contributed by atoms with Gasteiger partial charge in [-0.05, 0) is 6.92 Å². The van der Waals surface area contributed by atoms with Crippen molar-refractivity contribution < 1.29 is 18.0 Å². The van der Waals surface area contributed by atoms with Gasteiger partial charge in [-0.1, -0.05) is 0 Å². The van der Waals surface area contributed by atoms with E-state index in [0.717, 1.165) is 7.05 Å². The zero-order chi connectivity index (χ0) is 15.1. The zero-order valence-corrected chi connectivity index (χ0v) is 11.0. The molecule has 0 atom stereocenters.